The summed E-state index contributed by atoms with van der Waals surface area (Å²) in [7, 11) is 1.50. The Morgan fingerprint density at radius 3 is 2.58 bits per heavy atom. The molecule has 8 heteroatoms. The van der Waals surface area contributed by atoms with Gasteiger partial charge in [0, 0.05) is 18.6 Å². The van der Waals surface area contributed by atoms with Crippen molar-refractivity contribution >= 4 is 5.97 Å². The Labute approximate surface area is 225 Å². The molecule has 0 bridgehead atoms. The molecule has 4 aliphatic carbocycles. The summed E-state index contributed by atoms with van der Waals surface area (Å²) in [5, 5.41) is 21.1. The third kappa shape index (κ3) is 3.22. The molecule has 4 saturated carbocycles. The summed E-state index contributed by atoms with van der Waals surface area (Å²) in [4.78, 5) is 11.8. The maximum atomic E-state index is 11.8. The first-order chi connectivity index (χ1) is 18.1. The molecule has 0 aromatic heterocycles. The number of esters is 1. The Hall–Kier alpha value is -1.03. The summed E-state index contributed by atoms with van der Waals surface area (Å²) in [5.74, 6) is 1.28. The molecule has 2 N–H and O–H groups in total. The molecule has 3 heterocycles. The van der Waals surface area contributed by atoms with E-state index in [1.54, 1.807) is 13.0 Å². The normalized spacial score (nSPS) is 57.3. The molecular formula is C30H44O8. The molecule has 2 spiro atoms. The number of carbonyl (C=O) groups excluding carboxylic acids is 1. The average molecular weight is 533 g/mol. The van der Waals surface area contributed by atoms with Crippen molar-refractivity contribution in [3.8, 4) is 0 Å². The van der Waals surface area contributed by atoms with E-state index in [9.17, 15) is 15.0 Å². The molecule has 3 aliphatic heterocycles. The van der Waals surface area contributed by atoms with Crippen LogP contribution in [0.4, 0.5) is 0 Å². The van der Waals surface area contributed by atoms with E-state index < -0.39 is 30.7 Å². The molecule has 0 aromatic carbocycles. The van der Waals surface area contributed by atoms with Gasteiger partial charge in [0.2, 0.25) is 0 Å². The highest BCUT2D eigenvalue weighted by molar-refractivity contribution is 5.85. The Kier molecular flexibility index (Phi) is 5.79. The van der Waals surface area contributed by atoms with E-state index in [2.05, 4.69) is 13.8 Å². The van der Waals surface area contributed by atoms with Gasteiger partial charge in [-0.3, -0.25) is 0 Å². The van der Waals surface area contributed by atoms with Crippen molar-refractivity contribution in [3.05, 3.63) is 11.6 Å². The highest BCUT2D eigenvalue weighted by Crippen LogP contribution is 2.81. The Morgan fingerprint density at radius 2 is 1.84 bits per heavy atom. The number of hydrogen-bond donors (Lipinski definition) is 2. The number of aliphatic hydroxyl groups excluding tert-OH is 2. The van der Waals surface area contributed by atoms with Crippen LogP contribution in [-0.2, 0) is 28.5 Å². The second kappa shape index (κ2) is 8.49. The van der Waals surface area contributed by atoms with Gasteiger partial charge in [0.15, 0.2) is 6.29 Å². The van der Waals surface area contributed by atoms with Crippen molar-refractivity contribution in [2.75, 3.05) is 13.7 Å². The lowest BCUT2D eigenvalue weighted by molar-refractivity contribution is -0.312. The van der Waals surface area contributed by atoms with Crippen molar-refractivity contribution in [1.82, 2.24) is 0 Å². The zero-order valence-corrected chi connectivity index (χ0v) is 23.2. The number of methoxy groups -OCH3 is 1. The molecule has 0 amide bonds. The van der Waals surface area contributed by atoms with E-state index in [1.165, 1.54) is 19.1 Å². The van der Waals surface area contributed by atoms with Crippen molar-refractivity contribution in [3.63, 3.8) is 0 Å². The van der Waals surface area contributed by atoms with E-state index in [0.717, 1.165) is 51.4 Å². The van der Waals surface area contributed by atoms with Crippen LogP contribution in [0.3, 0.4) is 0 Å². The highest BCUT2D eigenvalue weighted by Gasteiger charge is 2.86. The first-order valence-corrected chi connectivity index (χ1v) is 14.9. The summed E-state index contributed by atoms with van der Waals surface area (Å²) in [6, 6.07) is 0. The van der Waals surface area contributed by atoms with Gasteiger partial charge in [0.1, 0.15) is 36.1 Å². The quantitative estimate of drug-likeness (QED) is 0.323. The Morgan fingerprint density at radius 1 is 1.03 bits per heavy atom. The molecule has 13 atom stereocenters. The van der Waals surface area contributed by atoms with Crippen LogP contribution in [0.1, 0.15) is 78.6 Å². The molecule has 7 aliphatic rings. The predicted octanol–water partition coefficient (Wildman–Crippen LogP) is 3.27. The molecule has 0 radical (unpaired) electrons. The van der Waals surface area contributed by atoms with Crippen LogP contribution >= 0.6 is 0 Å². The summed E-state index contributed by atoms with van der Waals surface area (Å²) in [6.07, 6.45) is 7.59. The second-order valence-corrected chi connectivity index (χ2v) is 13.9. The molecule has 7 rings (SSSR count). The third-order valence-electron chi connectivity index (χ3n) is 12.6. The minimum absolute atomic E-state index is 0.0207. The Balaban J connectivity index is 1.07. The summed E-state index contributed by atoms with van der Waals surface area (Å²) in [6.45, 7) is 7.18. The van der Waals surface area contributed by atoms with Crippen molar-refractivity contribution in [1.29, 1.82) is 0 Å². The minimum Gasteiger partial charge on any atom is -0.458 e. The number of carbonyl (C=O) groups is 1. The summed E-state index contributed by atoms with van der Waals surface area (Å²) >= 11 is 0. The van der Waals surface area contributed by atoms with Crippen molar-refractivity contribution in [2.24, 2.45) is 28.6 Å². The van der Waals surface area contributed by atoms with Gasteiger partial charge < -0.3 is 33.9 Å². The number of rotatable bonds is 4. The van der Waals surface area contributed by atoms with Crippen LogP contribution in [-0.4, -0.2) is 77.9 Å². The molecular weight excluding hydrogens is 488 g/mol. The molecule has 0 aromatic rings. The first-order valence-electron chi connectivity index (χ1n) is 14.9. The molecule has 2 saturated heterocycles. The van der Waals surface area contributed by atoms with Gasteiger partial charge in [-0.1, -0.05) is 13.8 Å². The average Bonchev–Trinajstić information content (AvgIpc) is 3.20. The van der Waals surface area contributed by atoms with Crippen LogP contribution in [0.25, 0.3) is 0 Å². The molecule has 6 fully saturated rings. The van der Waals surface area contributed by atoms with Crippen LogP contribution in [0.15, 0.2) is 11.6 Å². The lowest BCUT2D eigenvalue weighted by Gasteiger charge is -2.58. The number of aliphatic hydroxyl groups is 2. The first kappa shape index (κ1) is 25.9. The Bertz CT molecular complexity index is 1030. The second-order valence-electron chi connectivity index (χ2n) is 13.9. The maximum Gasteiger partial charge on any atom is 0.331 e. The summed E-state index contributed by atoms with van der Waals surface area (Å²) in [5.41, 5.74) is 1.36. The molecule has 8 nitrogen and oxygen atoms in total. The smallest absolute Gasteiger partial charge is 0.331 e. The van der Waals surface area contributed by atoms with E-state index in [0.29, 0.717) is 24.4 Å². The number of hydrogen-bond acceptors (Lipinski definition) is 8. The minimum atomic E-state index is -1.02. The maximum absolute atomic E-state index is 11.8. The molecule has 13 unspecified atom stereocenters. The molecule has 212 valence electrons. The van der Waals surface area contributed by atoms with E-state index in [1.807, 2.05) is 0 Å². The standard InChI is InChI=1S/C30H44O8/c1-16-23(32)25(34-4)24(33)26(36-16)37-19-6-9-27(2)18(14-19)5-11-29-21(27)8-10-28(3)20(7-12-30(28,29)38-29)17-13-22(31)35-15-17/h13,16,18-21,23-26,32-33H,5-12,14-15H2,1-4H3. The number of fused-ring (bicyclic) bond motifs is 2. The van der Waals surface area contributed by atoms with Gasteiger partial charge in [0.05, 0.1) is 12.2 Å². The van der Waals surface area contributed by atoms with Gasteiger partial charge in [0.25, 0.3) is 0 Å². The fourth-order valence-corrected chi connectivity index (χ4v) is 10.6. The van der Waals surface area contributed by atoms with E-state index in [-0.39, 0.29) is 34.1 Å². The number of cyclic esters (lactones) is 1. The van der Waals surface area contributed by atoms with E-state index >= 15 is 0 Å². The number of ether oxygens (including phenoxy) is 5. The van der Waals surface area contributed by atoms with Crippen LogP contribution < -0.4 is 0 Å². The van der Waals surface area contributed by atoms with Gasteiger partial charge in [-0.25, -0.2) is 4.79 Å². The monoisotopic (exact) mass is 532 g/mol. The highest BCUT2D eigenvalue weighted by atomic mass is 16.7. The van der Waals surface area contributed by atoms with Crippen LogP contribution in [0.5, 0.6) is 0 Å². The van der Waals surface area contributed by atoms with Gasteiger partial charge in [-0.15, -0.1) is 0 Å². The third-order valence-corrected chi connectivity index (χ3v) is 12.6. The van der Waals surface area contributed by atoms with Crippen LogP contribution in [0, 0.1) is 28.6 Å². The zero-order chi connectivity index (χ0) is 26.7. The van der Waals surface area contributed by atoms with E-state index in [4.69, 9.17) is 23.7 Å². The fraction of sp³-hybridized carbons (Fsp3) is 0.900. The van der Waals surface area contributed by atoms with Crippen molar-refractivity contribution < 1.29 is 38.7 Å². The largest absolute Gasteiger partial charge is 0.458 e. The molecule has 38 heavy (non-hydrogen) atoms. The van der Waals surface area contributed by atoms with Crippen molar-refractivity contribution in [2.45, 2.75) is 127 Å². The van der Waals surface area contributed by atoms with Gasteiger partial charge >= 0.3 is 5.97 Å². The fourth-order valence-electron chi connectivity index (χ4n) is 10.6. The van der Waals surface area contributed by atoms with Crippen LogP contribution in [0.2, 0.25) is 0 Å². The van der Waals surface area contributed by atoms with Gasteiger partial charge in [-0.05, 0) is 93.5 Å². The van der Waals surface area contributed by atoms with Gasteiger partial charge in [-0.2, -0.15) is 0 Å². The predicted molar refractivity (Wildman–Crippen MR) is 136 cm³/mol. The summed E-state index contributed by atoms with van der Waals surface area (Å²) < 4.78 is 30.0. The SMILES string of the molecule is COC1C(O)C(C)OC(OC2CCC3(C)C(CCC45OC46CCC(C4=CC(=O)OC4)C6(C)CCC35)C2)C1O. The lowest BCUT2D eigenvalue weighted by atomic mass is 9.44. The lowest BCUT2D eigenvalue weighted by Crippen LogP contribution is -2.60. The number of epoxide rings is 1. The zero-order valence-electron chi connectivity index (χ0n) is 23.2. The topological polar surface area (TPSA) is 107 Å².